The number of anilines is 2. The SMILES string of the molecule is c1ccc(Nc2ccc(C3CCCN3)cn2)cc1. The lowest BCUT2D eigenvalue weighted by atomic mass is 10.1. The van der Waals surface area contributed by atoms with Gasteiger partial charge in [0.05, 0.1) is 0 Å². The van der Waals surface area contributed by atoms with Crippen molar-refractivity contribution in [2.24, 2.45) is 0 Å². The van der Waals surface area contributed by atoms with E-state index in [1.807, 2.05) is 42.6 Å². The molecule has 0 saturated carbocycles. The Bertz CT molecular complexity index is 487. The molecule has 1 aliphatic rings. The zero-order valence-electron chi connectivity index (χ0n) is 10.3. The lowest BCUT2D eigenvalue weighted by molar-refractivity contribution is 0.645. The van der Waals surface area contributed by atoms with Gasteiger partial charge in [0.25, 0.3) is 0 Å². The number of para-hydroxylation sites is 1. The minimum absolute atomic E-state index is 0.489. The van der Waals surface area contributed by atoms with E-state index in [1.54, 1.807) is 0 Å². The molecule has 0 amide bonds. The van der Waals surface area contributed by atoms with Gasteiger partial charge in [-0.1, -0.05) is 24.3 Å². The zero-order valence-corrected chi connectivity index (χ0v) is 10.3. The molecule has 1 fully saturated rings. The van der Waals surface area contributed by atoms with Crippen molar-refractivity contribution in [2.75, 3.05) is 11.9 Å². The number of nitrogens with zero attached hydrogens (tertiary/aromatic N) is 1. The van der Waals surface area contributed by atoms with Crippen molar-refractivity contribution in [1.29, 1.82) is 0 Å². The van der Waals surface area contributed by atoms with E-state index in [0.29, 0.717) is 6.04 Å². The zero-order chi connectivity index (χ0) is 12.2. The third-order valence-corrected chi connectivity index (χ3v) is 3.30. The quantitative estimate of drug-likeness (QED) is 0.863. The third-order valence-electron chi connectivity index (χ3n) is 3.30. The van der Waals surface area contributed by atoms with Gasteiger partial charge in [-0.25, -0.2) is 4.98 Å². The van der Waals surface area contributed by atoms with Gasteiger partial charge in [0.1, 0.15) is 5.82 Å². The van der Waals surface area contributed by atoms with Gasteiger partial charge in [0.2, 0.25) is 0 Å². The smallest absolute Gasteiger partial charge is 0.130 e. The number of pyridine rings is 1. The summed E-state index contributed by atoms with van der Waals surface area (Å²) >= 11 is 0. The summed E-state index contributed by atoms with van der Waals surface area (Å²) in [5.41, 5.74) is 2.35. The molecule has 18 heavy (non-hydrogen) atoms. The Labute approximate surface area is 107 Å². The van der Waals surface area contributed by atoms with E-state index in [4.69, 9.17) is 0 Å². The lowest BCUT2D eigenvalue weighted by Crippen LogP contribution is -2.13. The molecule has 3 rings (SSSR count). The van der Waals surface area contributed by atoms with Crippen LogP contribution in [0.15, 0.2) is 48.7 Å². The van der Waals surface area contributed by atoms with Crippen LogP contribution in [0, 0.1) is 0 Å². The average Bonchev–Trinajstić information content (AvgIpc) is 2.95. The van der Waals surface area contributed by atoms with Crippen molar-refractivity contribution in [3.63, 3.8) is 0 Å². The number of hydrogen-bond acceptors (Lipinski definition) is 3. The molecule has 2 heterocycles. The molecule has 0 spiro atoms. The number of aromatic nitrogens is 1. The second-order valence-electron chi connectivity index (χ2n) is 4.62. The summed E-state index contributed by atoms with van der Waals surface area (Å²) in [4.78, 5) is 4.47. The van der Waals surface area contributed by atoms with Crippen LogP contribution in [0.25, 0.3) is 0 Å². The van der Waals surface area contributed by atoms with E-state index in [0.717, 1.165) is 18.1 Å². The van der Waals surface area contributed by atoms with Crippen LogP contribution in [0.1, 0.15) is 24.4 Å². The van der Waals surface area contributed by atoms with E-state index < -0.39 is 0 Å². The number of rotatable bonds is 3. The lowest BCUT2D eigenvalue weighted by Gasteiger charge is -2.11. The molecule has 1 aromatic heterocycles. The first-order valence-corrected chi connectivity index (χ1v) is 6.43. The first-order valence-electron chi connectivity index (χ1n) is 6.43. The molecule has 92 valence electrons. The minimum atomic E-state index is 0.489. The highest BCUT2D eigenvalue weighted by atomic mass is 15.0. The first-order chi connectivity index (χ1) is 8.92. The molecule has 1 unspecified atom stereocenters. The van der Waals surface area contributed by atoms with Crippen molar-refractivity contribution in [3.05, 3.63) is 54.2 Å². The van der Waals surface area contributed by atoms with Gasteiger partial charge in [-0.2, -0.15) is 0 Å². The van der Waals surface area contributed by atoms with E-state index in [1.165, 1.54) is 18.4 Å². The van der Waals surface area contributed by atoms with E-state index >= 15 is 0 Å². The maximum Gasteiger partial charge on any atom is 0.130 e. The molecule has 3 heteroatoms. The van der Waals surface area contributed by atoms with Gasteiger partial charge in [0.15, 0.2) is 0 Å². The highest BCUT2D eigenvalue weighted by molar-refractivity contribution is 5.55. The number of benzene rings is 1. The molecule has 1 atom stereocenters. The molecule has 2 N–H and O–H groups in total. The number of nitrogens with one attached hydrogen (secondary N) is 2. The summed E-state index contributed by atoms with van der Waals surface area (Å²) < 4.78 is 0. The van der Waals surface area contributed by atoms with E-state index in [2.05, 4.69) is 21.7 Å². The summed E-state index contributed by atoms with van der Waals surface area (Å²) in [6.45, 7) is 1.12. The topological polar surface area (TPSA) is 37.0 Å². The van der Waals surface area contributed by atoms with Gasteiger partial charge in [-0.3, -0.25) is 0 Å². The van der Waals surface area contributed by atoms with Crippen molar-refractivity contribution in [2.45, 2.75) is 18.9 Å². The van der Waals surface area contributed by atoms with Crippen LogP contribution in [-0.2, 0) is 0 Å². The average molecular weight is 239 g/mol. The van der Waals surface area contributed by atoms with Gasteiger partial charge in [-0.15, -0.1) is 0 Å². The van der Waals surface area contributed by atoms with Crippen molar-refractivity contribution in [1.82, 2.24) is 10.3 Å². The minimum Gasteiger partial charge on any atom is -0.340 e. The molecular weight excluding hydrogens is 222 g/mol. The highest BCUT2D eigenvalue weighted by Gasteiger charge is 2.15. The Hall–Kier alpha value is -1.87. The standard InChI is InChI=1S/C15H17N3/c1-2-5-13(6-3-1)18-15-9-8-12(11-17-15)14-7-4-10-16-14/h1-3,5-6,8-9,11,14,16H,4,7,10H2,(H,17,18). The fourth-order valence-electron chi connectivity index (χ4n) is 2.32. The van der Waals surface area contributed by atoms with Gasteiger partial charge in [0, 0.05) is 17.9 Å². The Morgan fingerprint density at radius 2 is 2.00 bits per heavy atom. The van der Waals surface area contributed by atoms with E-state index in [9.17, 15) is 0 Å². The Morgan fingerprint density at radius 1 is 1.11 bits per heavy atom. The Balaban J connectivity index is 1.71. The molecular formula is C15H17N3. The Morgan fingerprint density at radius 3 is 2.67 bits per heavy atom. The normalized spacial score (nSPS) is 18.8. The molecule has 2 aromatic rings. The molecule has 1 saturated heterocycles. The van der Waals surface area contributed by atoms with Gasteiger partial charge in [-0.05, 0) is 43.1 Å². The maximum absolute atomic E-state index is 4.47. The molecule has 0 radical (unpaired) electrons. The molecule has 1 aliphatic heterocycles. The van der Waals surface area contributed by atoms with Crippen LogP contribution >= 0.6 is 0 Å². The van der Waals surface area contributed by atoms with E-state index in [-0.39, 0.29) is 0 Å². The van der Waals surface area contributed by atoms with Crippen LogP contribution in [0.4, 0.5) is 11.5 Å². The summed E-state index contributed by atoms with van der Waals surface area (Å²) in [5.74, 6) is 0.892. The van der Waals surface area contributed by atoms with Crippen LogP contribution in [0.2, 0.25) is 0 Å². The third kappa shape index (κ3) is 2.51. The molecule has 0 aliphatic carbocycles. The summed E-state index contributed by atoms with van der Waals surface area (Å²) in [5, 5.41) is 6.77. The summed E-state index contributed by atoms with van der Waals surface area (Å²) in [6, 6.07) is 14.8. The Kier molecular flexibility index (Phi) is 3.24. The molecule has 1 aromatic carbocycles. The fourth-order valence-corrected chi connectivity index (χ4v) is 2.32. The molecule has 3 nitrogen and oxygen atoms in total. The van der Waals surface area contributed by atoms with Crippen LogP contribution in [0.5, 0.6) is 0 Å². The summed E-state index contributed by atoms with van der Waals surface area (Å²) in [7, 11) is 0. The molecule has 0 bridgehead atoms. The van der Waals surface area contributed by atoms with Crippen LogP contribution in [-0.4, -0.2) is 11.5 Å². The predicted octanol–water partition coefficient (Wildman–Crippen LogP) is 3.25. The fraction of sp³-hybridized carbons (Fsp3) is 0.267. The highest BCUT2D eigenvalue weighted by Crippen LogP contribution is 2.23. The van der Waals surface area contributed by atoms with Crippen molar-refractivity contribution >= 4 is 11.5 Å². The van der Waals surface area contributed by atoms with Crippen molar-refractivity contribution in [3.8, 4) is 0 Å². The first kappa shape index (κ1) is 11.2. The predicted molar refractivity (Wildman–Crippen MR) is 73.9 cm³/mol. The van der Waals surface area contributed by atoms with Crippen molar-refractivity contribution < 1.29 is 0 Å². The largest absolute Gasteiger partial charge is 0.340 e. The maximum atomic E-state index is 4.47. The number of hydrogen-bond donors (Lipinski definition) is 2. The second kappa shape index (κ2) is 5.19. The van der Waals surface area contributed by atoms with Crippen LogP contribution in [0.3, 0.4) is 0 Å². The van der Waals surface area contributed by atoms with Gasteiger partial charge >= 0.3 is 0 Å². The second-order valence-corrected chi connectivity index (χ2v) is 4.62. The summed E-state index contributed by atoms with van der Waals surface area (Å²) in [6.07, 6.45) is 4.44. The monoisotopic (exact) mass is 239 g/mol. The van der Waals surface area contributed by atoms with Crippen LogP contribution < -0.4 is 10.6 Å². The van der Waals surface area contributed by atoms with Gasteiger partial charge < -0.3 is 10.6 Å².